The number of ether oxygens (including phenoxy) is 1. The first-order valence-electron chi connectivity index (χ1n) is 11.2. The fourth-order valence-electron chi connectivity index (χ4n) is 3.38. The van der Waals surface area contributed by atoms with Gasteiger partial charge in [0.05, 0.1) is 12.1 Å². The van der Waals surface area contributed by atoms with Crippen LogP contribution < -0.4 is 15.0 Å². The van der Waals surface area contributed by atoms with Gasteiger partial charge in [0.15, 0.2) is 6.04 Å². The maximum Gasteiger partial charge on any atom is 0.303 e. The summed E-state index contributed by atoms with van der Waals surface area (Å²) in [5.74, 6) is 2.55. The van der Waals surface area contributed by atoms with Crippen molar-refractivity contribution in [2.45, 2.75) is 32.1 Å². The Balaban J connectivity index is 1.98. The molecule has 0 saturated carbocycles. The molecule has 1 atom stereocenters. The van der Waals surface area contributed by atoms with Crippen LogP contribution in [-0.2, 0) is 16.0 Å². The highest BCUT2D eigenvalue weighted by Crippen LogP contribution is 2.35. The summed E-state index contributed by atoms with van der Waals surface area (Å²) in [4.78, 5) is 29.2. The lowest BCUT2D eigenvalue weighted by Gasteiger charge is -2.29. The number of nitrogens with zero attached hydrogens (tertiary/aromatic N) is 1. The van der Waals surface area contributed by atoms with Gasteiger partial charge in [0, 0.05) is 17.1 Å². The lowest BCUT2D eigenvalue weighted by molar-refractivity contribution is -0.125. The van der Waals surface area contributed by atoms with Crippen LogP contribution in [0.2, 0.25) is 24.7 Å². The molecule has 1 unspecified atom stereocenters. The van der Waals surface area contributed by atoms with Gasteiger partial charge in [-0.15, -0.1) is 16.9 Å². The SMILES string of the molecule is COc1ccc(N(C(=O)C#C[Si](C)(C)C)C(C(=O)NCCc2ccccc2)c2cccs2)cc1Cl. The normalized spacial score (nSPS) is 11.7. The average molecular weight is 525 g/mol. The van der Waals surface area contributed by atoms with Crippen LogP contribution in [0.3, 0.4) is 0 Å². The Morgan fingerprint density at radius 3 is 2.46 bits per heavy atom. The lowest BCUT2D eigenvalue weighted by Crippen LogP contribution is -2.44. The molecule has 0 aliphatic carbocycles. The molecule has 2 amide bonds. The molecule has 2 aromatic carbocycles. The zero-order valence-corrected chi connectivity index (χ0v) is 22.9. The molecule has 5 nitrogen and oxygen atoms in total. The fraction of sp³-hybridized carbons (Fsp3) is 0.259. The van der Waals surface area contributed by atoms with Crippen molar-refractivity contribution in [1.29, 1.82) is 0 Å². The Kier molecular flexibility index (Phi) is 9.16. The van der Waals surface area contributed by atoms with Gasteiger partial charge in [-0.05, 0) is 47.6 Å². The van der Waals surface area contributed by atoms with E-state index in [-0.39, 0.29) is 5.91 Å². The average Bonchev–Trinajstić information content (AvgIpc) is 3.35. The minimum Gasteiger partial charge on any atom is -0.495 e. The third-order valence-electron chi connectivity index (χ3n) is 5.05. The Labute approximate surface area is 217 Å². The first-order valence-corrected chi connectivity index (χ1v) is 16.0. The molecular formula is C27H29ClN2O3SSi. The lowest BCUT2D eigenvalue weighted by atomic mass is 10.1. The van der Waals surface area contributed by atoms with E-state index in [1.807, 2.05) is 47.8 Å². The number of hydrogen-bond donors (Lipinski definition) is 1. The van der Waals surface area contributed by atoms with Crippen molar-refractivity contribution in [3.8, 4) is 17.2 Å². The van der Waals surface area contributed by atoms with Gasteiger partial charge in [-0.2, -0.15) is 0 Å². The van der Waals surface area contributed by atoms with E-state index in [9.17, 15) is 9.59 Å². The number of carbonyl (C=O) groups is 2. The Morgan fingerprint density at radius 1 is 1.11 bits per heavy atom. The monoisotopic (exact) mass is 524 g/mol. The minimum absolute atomic E-state index is 0.279. The Bertz CT molecular complexity index is 1210. The number of hydrogen-bond acceptors (Lipinski definition) is 4. The number of nitrogens with one attached hydrogen (secondary N) is 1. The topological polar surface area (TPSA) is 58.6 Å². The fourth-order valence-corrected chi connectivity index (χ4v) is 4.93. The second kappa shape index (κ2) is 12.1. The summed E-state index contributed by atoms with van der Waals surface area (Å²) in [5.41, 5.74) is 4.72. The first kappa shape index (κ1) is 26.5. The van der Waals surface area contributed by atoms with E-state index in [1.54, 1.807) is 18.2 Å². The summed E-state index contributed by atoms with van der Waals surface area (Å²) in [6.07, 6.45) is 0.682. The molecule has 1 N–H and O–H groups in total. The summed E-state index contributed by atoms with van der Waals surface area (Å²) in [7, 11) is -0.306. The predicted molar refractivity (Wildman–Crippen MR) is 147 cm³/mol. The summed E-state index contributed by atoms with van der Waals surface area (Å²) in [6, 6.07) is 17.8. The molecule has 8 heteroatoms. The summed E-state index contributed by atoms with van der Waals surface area (Å²) < 4.78 is 5.27. The highest BCUT2D eigenvalue weighted by atomic mass is 35.5. The molecule has 1 heterocycles. The van der Waals surface area contributed by atoms with E-state index in [2.05, 4.69) is 36.4 Å². The van der Waals surface area contributed by atoms with E-state index < -0.39 is 20.0 Å². The maximum atomic E-state index is 13.6. The largest absolute Gasteiger partial charge is 0.495 e. The van der Waals surface area contributed by atoms with Gasteiger partial charge in [0.25, 0.3) is 0 Å². The Hall–Kier alpha value is -3.05. The second-order valence-corrected chi connectivity index (χ2v) is 15.1. The third kappa shape index (κ3) is 7.46. The van der Waals surface area contributed by atoms with E-state index in [0.717, 1.165) is 10.4 Å². The molecule has 0 saturated heterocycles. The summed E-state index contributed by atoms with van der Waals surface area (Å²) in [6.45, 7) is 6.63. The van der Waals surface area contributed by atoms with Crippen LogP contribution in [0.4, 0.5) is 5.69 Å². The number of benzene rings is 2. The van der Waals surface area contributed by atoms with Crippen molar-refractivity contribution in [2.75, 3.05) is 18.6 Å². The van der Waals surface area contributed by atoms with Crippen LogP contribution >= 0.6 is 22.9 Å². The maximum absolute atomic E-state index is 13.6. The number of rotatable bonds is 8. The number of methoxy groups -OCH3 is 1. The van der Waals surface area contributed by atoms with Crippen LogP contribution in [-0.4, -0.2) is 33.5 Å². The van der Waals surface area contributed by atoms with Gasteiger partial charge >= 0.3 is 5.91 Å². The van der Waals surface area contributed by atoms with Crippen LogP contribution in [0.1, 0.15) is 16.5 Å². The van der Waals surface area contributed by atoms with E-state index in [4.69, 9.17) is 16.3 Å². The van der Waals surface area contributed by atoms with Crippen molar-refractivity contribution >= 4 is 48.5 Å². The van der Waals surface area contributed by atoms with Crippen LogP contribution in [0.15, 0.2) is 66.0 Å². The molecule has 3 rings (SSSR count). The first-order chi connectivity index (χ1) is 16.7. The highest BCUT2D eigenvalue weighted by Gasteiger charge is 2.33. The number of halogens is 1. The van der Waals surface area contributed by atoms with Crippen molar-refractivity contribution < 1.29 is 14.3 Å². The second-order valence-electron chi connectivity index (χ2n) is 8.94. The molecule has 182 valence electrons. The minimum atomic E-state index is -1.83. The zero-order valence-electron chi connectivity index (χ0n) is 20.3. The zero-order chi connectivity index (χ0) is 25.4. The molecule has 1 aromatic heterocycles. The van der Waals surface area contributed by atoms with Crippen molar-refractivity contribution in [3.05, 3.63) is 81.5 Å². The van der Waals surface area contributed by atoms with Crippen molar-refractivity contribution in [2.24, 2.45) is 0 Å². The highest BCUT2D eigenvalue weighted by molar-refractivity contribution is 7.10. The van der Waals surface area contributed by atoms with Crippen LogP contribution in [0, 0.1) is 11.5 Å². The smallest absolute Gasteiger partial charge is 0.303 e. The van der Waals surface area contributed by atoms with Gasteiger partial charge in [-0.3, -0.25) is 14.5 Å². The molecule has 0 spiro atoms. The Morgan fingerprint density at radius 2 is 1.86 bits per heavy atom. The number of amides is 2. The summed E-state index contributed by atoms with van der Waals surface area (Å²) in [5, 5.41) is 5.24. The van der Waals surface area contributed by atoms with Crippen LogP contribution in [0.25, 0.3) is 0 Å². The van der Waals surface area contributed by atoms with Gasteiger partial charge in [0.1, 0.15) is 13.8 Å². The van der Waals surface area contributed by atoms with Crippen LogP contribution in [0.5, 0.6) is 5.75 Å². The van der Waals surface area contributed by atoms with Crippen molar-refractivity contribution in [1.82, 2.24) is 5.32 Å². The van der Waals surface area contributed by atoms with E-state index in [1.165, 1.54) is 23.3 Å². The van der Waals surface area contributed by atoms with E-state index >= 15 is 0 Å². The van der Waals surface area contributed by atoms with Gasteiger partial charge in [0.2, 0.25) is 5.91 Å². The van der Waals surface area contributed by atoms with Gasteiger partial charge in [-0.1, -0.05) is 67.6 Å². The number of carbonyl (C=O) groups excluding carboxylic acids is 2. The van der Waals surface area contributed by atoms with Crippen molar-refractivity contribution in [3.63, 3.8) is 0 Å². The molecule has 35 heavy (non-hydrogen) atoms. The van der Waals surface area contributed by atoms with Gasteiger partial charge < -0.3 is 10.1 Å². The molecule has 0 aliphatic heterocycles. The predicted octanol–water partition coefficient (Wildman–Crippen LogP) is 5.72. The third-order valence-corrected chi connectivity index (χ3v) is 7.15. The molecule has 0 fully saturated rings. The standard InChI is InChI=1S/C27H29ClN2O3SSi/c1-33-23-13-12-21(19-22(23)28)30(25(31)15-18-35(2,3)4)26(24-11-8-17-34-24)27(32)29-16-14-20-9-6-5-7-10-20/h5-13,17,19,26H,14,16H2,1-4H3,(H,29,32). The molecule has 0 bridgehead atoms. The molecular weight excluding hydrogens is 496 g/mol. The molecule has 0 aliphatic rings. The number of thiophene rings is 1. The summed E-state index contributed by atoms with van der Waals surface area (Å²) >= 11 is 7.81. The van der Waals surface area contributed by atoms with E-state index in [0.29, 0.717) is 29.4 Å². The van der Waals surface area contributed by atoms with Gasteiger partial charge in [-0.25, -0.2) is 0 Å². The number of anilines is 1. The molecule has 3 aromatic rings. The molecule has 0 radical (unpaired) electrons. The quantitative estimate of drug-likeness (QED) is 0.302.